The molecule has 1 unspecified atom stereocenters. The van der Waals surface area contributed by atoms with Gasteiger partial charge in [-0.1, -0.05) is 13.5 Å². The van der Waals surface area contributed by atoms with Gasteiger partial charge in [-0.05, 0) is 6.92 Å². The van der Waals surface area contributed by atoms with E-state index in [-0.39, 0.29) is 12.1 Å². The smallest absolute Gasteiger partial charge is 0.270 e. The van der Waals surface area contributed by atoms with Crippen molar-refractivity contribution in [2.24, 2.45) is 0 Å². The van der Waals surface area contributed by atoms with Crippen LogP contribution in [0.4, 0.5) is 0 Å². The molecule has 0 spiro atoms. The fourth-order valence-corrected chi connectivity index (χ4v) is 0.998. The second-order valence-electron chi connectivity index (χ2n) is 4.31. The number of hydroxylamine groups is 1. The molecule has 0 bridgehead atoms. The second-order valence-corrected chi connectivity index (χ2v) is 4.31. The lowest BCUT2D eigenvalue weighted by Crippen LogP contribution is -2.49. The molecule has 4 heteroatoms. The van der Waals surface area contributed by atoms with Crippen LogP contribution in [-0.4, -0.2) is 37.8 Å². The number of nitrogens with one attached hydrogen (secondary N) is 1. The van der Waals surface area contributed by atoms with E-state index in [1.54, 1.807) is 6.92 Å². The maximum Gasteiger partial charge on any atom is 0.270 e. The van der Waals surface area contributed by atoms with Crippen LogP contribution in [-0.2, 0) is 9.63 Å². The van der Waals surface area contributed by atoms with E-state index in [1.807, 2.05) is 28.1 Å². The molecule has 82 valence electrons. The summed E-state index contributed by atoms with van der Waals surface area (Å²) in [5.41, 5.74) is 2.83. The summed E-state index contributed by atoms with van der Waals surface area (Å²) in [5, 5.41) is 0. The summed E-state index contributed by atoms with van der Waals surface area (Å²) in [6.07, 6.45) is 0.790. The van der Waals surface area contributed by atoms with Gasteiger partial charge in [0.25, 0.3) is 5.91 Å². The summed E-state index contributed by atoms with van der Waals surface area (Å²) in [6.45, 7) is 7.18. The molecule has 0 heterocycles. The van der Waals surface area contributed by atoms with Gasteiger partial charge in [0.15, 0.2) is 0 Å². The van der Waals surface area contributed by atoms with Gasteiger partial charge in [0, 0.05) is 12.0 Å². The van der Waals surface area contributed by atoms with Crippen LogP contribution in [0.3, 0.4) is 0 Å². The maximum absolute atomic E-state index is 11.1. The molecule has 0 saturated heterocycles. The number of amides is 1. The molecule has 0 aliphatic rings. The Hall–Kier alpha value is -0.870. The van der Waals surface area contributed by atoms with Crippen LogP contribution in [0.5, 0.6) is 0 Å². The predicted octanol–water partition coefficient (Wildman–Crippen LogP) is 1.05. The van der Waals surface area contributed by atoms with Gasteiger partial charge in [0.2, 0.25) is 6.23 Å². The van der Waals surface area contributed by atoms with Gasteiger partial charge in [-0.2, -0.15) is 0 Å². The minimum Gasteiger partial charge on any atom is -0.304 e. The van der Waals surface area contributed by atoms with Crippen molar-refractivity contribution < 1.29 is 14.1 Å². The standard InChI is InChI=1S/C10H20N2O2/c1-7-9(12(4,5)6)14-11-10(13)8(2)3/h9H,2,7H2,1,3-6H3/p+1. The van der Waals surface area contributed by atoms with Gasteiger partial charge >= 0.3 is 0 Å². The van der Waals surface area contributed by atoms with E-state index in [2.05, 4.69) is 12.1 Å². The molecule has 0 rings (SSSR count). The third kappa shape index (κ3) is 4.39. The summed E-state index contributed by atoms with van der Waals surface area (Å²) in [5.74, 6) is -0.267. The summed E-state index contributed by atoms with van der Waals surface area (Å²) in [6, 6.07) is 0. The molecule has 1 amide bonds. The molecule has 0 radical (unpaired) electrons. The van der Waals surface area contributed by atoms with Crippen molar-refractivity contribution in [1.29, 1.82) is 0 Å². The molecular formula is C10H21N2O2+. The predicted molar refractivity (Wildman–Crippen MR) is 56.2 cm³/mol. The Morgan fingerprint density at radius 3 is 2.29 bits per heavy atom. The average Bonchev–Trinajstić information content (AvgIpc) is 2.02. The van der Waals surface area contributed by atoms with E-state index in [0.29, 0.717) is 10.1 Å². The highest BCUT2D eigenvalue weighted by Gasteiger charge is 2.23. The van der Waals surface area contributed by atoms with Crippen molar-refractivity contribution in [1.82, 2.24) is 5.48 Å². The van der Waals surface area contributed by atoms with Crippen LogP contribution in [0, 0.1) is 0 Å². The van der Waals surface area contributed by atoms with Gasteiger partial charge in [0.05, 0.1) is 21.1 Å². The van der Waals surface area contributed by atoms with Crippen molar-refractivity contribution in [3.8, 4) is 0 Å². The van der Waals surface area contributed by atoms with E-state index in [4.69, 9.17) is 4.84 Å². The molecule has 0 fully saturated rings. The van der Waals surface area contributed by atoms with Gasteiger partial charge in [-0.15, -0.1) is 0 Å². The molecule has 14 heavy (non-hydrogen) atoms. The molecule has 0 aromatic rings. The van der Waals surface area contributed by atoms with Gasteiger partial charge < -0.3 is 4.48 Å². The number of hydrogen-bond donors (Lipinski definition) is 1. The highest BCUT2D eigenvalue weighted by atomic mass is 16.7. The lowest BCUT2D eigenvalue weighted by molar-refractivity contribution is -0.921. The van der Waals surface area contributed by atoms with Crippen LogP contribution in [0.2, 0.25) is 0 Å². The topological polar surface area (TPSA) is 38.3 Å². The highest BCUT2D eigenvalue weighted by Crippen LogP contribution is 2.07. The third-order valence-corrected chi connectivity index (χ3v) is 1.89. The minimum absolute atomic E-state index is 0.0432. The number of quaternary nitrogens is 1. The Labute approximate surface area is 86.1 Å². The molecule has 0 aliphatic heterocycles. The Morgan fingerprint density at radius 2 is 2.00 bits per heavy atom. The Balaban J connectivity index is 4.10. The maximum atomic E-state index is 11.1. The van der Waals surface area contributed by atoms with Crippen molar-refractivity contribution in [3.05, 3.63) is 12.2 Å². The summed E-state index contributed by atoms with van der Waals surface area (Å²) < 4.78 is 0.646. The van der Waals surface area contributed by atoms with E-state index in [9.17, 15) is 4.79 Å². The van der Waals surface area contributed by atoms with Gasteiger partial charge in [-0.3, -0.25) is 4.79 Å². The normalized spacial score (nSPS) is 13.5. The first kappa shape index (κ1) is 13.1. The first-order valence-electron chi connectivity index (χ1n) is 4.71. The average molecular weight is 201 g/mol. The zero-order chi connectivity index (χ0) is 11.4. The number of hydrogen-bond acceptors (Lipinski definition) is 2. The highest BCUT2D eigenvalue weighted by molar-refractivity contribution is 5.91. The van der Waals surface area contributed by atoms with Crippen LogP contribution in [0.1, 0.15) is 20.3 Å². The fraction of sp³-hybridized carbons (Fsp3) is 0.700. The first-order valence-corrected chi connectivity index (χ1v) is 4.71. The molecule has 4 nitrogen and oxygen atoms in total. The zero-order valence-electron chi connectivity index (χ0n) is 9.76. The zero-order valence-corrected chi connectivity index (χ0v) is 9.76. The lowest BCUT2D eigenvalue weighted by Gasteiger charge is -2.32. The summed E-state index contributed by atoms with van der Waals surface area (Å²) in [7, 11) is 6.04. The number of nitrogens with zero attached hydrogens (tertiary/aromatic N) is 1. The van der Waals surface area contributed by atoms with Gasteiger partial charge in [-0.25, -0.2) is 10.3 Å². The Kier molecular flexibility index (Phi) is 4.80. The molecule has 0 aromatic carbocycles. The largest absolute Gasteiger partial charge is 0.304 e. The first-order chi connectivity index (χ1) is 6.29. The van der Waals surface area contributed by atoms with E-state index in [0.717, 1.165) is 6.42 Å². The monoisotopic (exact) mass is 201 g/mol. The van der Waals surface area contributed by atoms with Crippen LogP contribution < -0.4 is 5.48 Å². The van der Waals surface area contributed by atoms with Crippen LogP contribution in [0.25, 0.3) is 0 Å². The summed E-state index contributed by atoms with van der Waals surface area (Å²) in [4.78, 5) is 16.4. The Morgan fingerprint density at radius 1 is 1.50 bits per heavy atom. The third-order valence-electron chi connectivity index (χ3n) is 1.89. The number of carbonyl (C=O) groups is 1. The van der Waals surface area contributed by atoms with Crippen molar-refractivity contribution >= 4 is 5.91 Å². The minimum atomic E-state index is -0.267. The number of rotatable bonds is 5. The van der Waals surface area contributed by atoms with E-state index >= 15 is 0 Å². The van der Waals surface area contributed by atoms with Gasteiger partial charge in [0.1, 0.15) is 0 Å². The van der Waals surface area contributed by atoms with Crippen molar-refractivity contribution in [3.63, 3.8) is 0 Å². The van der Waals surface area contributed by atoms with Crippen molar-refractivity contribution in [2.45, 2.75) is 26.5 Å². The van der Waals surface area contributed by atoms with Crippen molar-refractivity contribution in [2.75, 3.05) is 21.1 Å². The van der Waals surface area contributed by atoms with E-state index < -0.39 is 0 Å². The van der Waals surface area contributed by atoms with Crippen LogP contribution >= 0.6 is 0 Å². The number of carbonyl (C=O) groups excluding carboxylic acids is 1. The summed E-state index contributed by atoms with van der Waals surface area (Å²) >= 11 is 0. The van der Waals surface area contributed by atoms with Crippen LogP contribution in [0.15, 0.2) is 12.2 Å². The molecule has 1 N–H and O–H groups in total. The molecule has 0 aromatic heterocycles. The molecule has 0 aliphatic carbocycles. The fourth-order valence-electron chi connectivity index (χ4n) is 0.998. The molecular weight excluding hydrogens is 180 g/mol. The SMILES string of the molecule is C=C(C)C(=O)NOC(CC)[N+](C)(C)C. The molecule has 0 saturated carbocycles. The second kappa shape index (κ2) is 5.12. The lowest BCUT2D eigenvalue weighted by atomic mass is 10.3. The quantitative estimate of drug-likeness (QED) is 0.312. The van der Waals surface area contributed by atoms with E-state index in [1.165, 1.54) is 0 Å². The Bertz CT molecular complexity index is 219. The molecule has 1 atom stereocenters.